The lowest BCUT2D eigenvalue weighted by molar-refractivity contribution is 0.0786. The Hall–Kier alpha value is -2.16. The van der Waals surface area contributed by atoms with Crippen LogP contribution in [0.1, 0.15) is 19.4 Å². The van der Waals surface area contributed by atoms with Gasteiger partial charge < -0.3 is 15.7 Å². The van der Waals surface area contributed by atoms with E-state index < -0.39 is 15.6 Å². The highest BCUT2D eigenvalue weighted by molar-refractivity contribution is 7.89. The highest BCUT2D eigenvalue weighted by atomic mass is 32.2. The SMILES string of the molecule is CC(C)(O)c1ccc(N2CCN(S(=O)(=O)c3ccc(N)nc3)CC2)cc1. The minimum atomic E-state index is -3.55. The Morgan fingerprint density at radius 2 is 1.65 bits per heavy atom. The molecule has 2 aromatic rings. The molecular weight excluding hydrogens is 352 g/mol. The van der Waals surface area contributed by atoms with E-state index >= 15 is 0 Å². The number of rotatable bonds is 4. The van der Waals surface area contributed by atoms with Crippen molar-refractivity contribution in [1.29, 1.82) is 0 Å². The highest BCUT2D eigenvalue weighted by Gasteiger charge is 2.29. The number of nitrogens with zero attached hydrogens (tertiary/aromatic N) is 3. The lowest BCUT2D eigenvalue weighted by atomic mass is 9.98. The van der Waals surface area contributed by atoms with E-state index in [0.717, 1.165) is 11.3 Å². The second-order valence-corrected chi connectivity index (χ2v) is 8.85. The van der Waals surface area contributed by atoms with E-state index in [2.05, 4.69) is 9.88 Å². The van der Waals surface area contributed by atoms with Crippen LogP contribution in [0.3, 0.4) is 0 Å². The van der Waals surface area contributed by atoms with Crippen molar-refractivity contribution in [1.82, 2.24) is 9.29 Å². The second kappa shape index (κ2) is 6.86. The molecule has 3 N–H and O–H groups in total. The summed E-state index contributed by atoms with van der Waals surface area (Å²) in [5.74, 6) is 0.295. The Bertz CT molecular complexity index is 851. The van der Waals surface area contributed by atoms with E-state index in [1.165, 1.54) is 22.6 Å². The lowest BCUT2D eigenvalue weighted by Gasteiger charge is -2.35. The third kappa shape index (κ3) is 3.82. The van der Waals surface area contributed by atoms with E-state index in [-0.39, 0.29) is 4.90 Å². The van der Waals surface area contributed by atoms with Gasteiger partial charge in [-0.05, 0) is 43.7 Å². The molecule has 0 saturated carbocycles. The van der Waals surface area contributed by atoms with Gasteiger partial charge in [0.05, 0.1) is 5.60 Å². The van der Waals surface area contributed by atoms with Gasteiger partial charge in [0.1, 0.15) is 10.7 Å². The minimum absolute atomic E-state index is 0.162. The van der Waals surface area contributed by atoms with Crippen molar-refractivity contribution in [2.45, 2.75) is 24.3 Å². The Morgan fingerprint density at radius 1 is 1.04 bits per heavy atom. The fourth-order valence-corrected chi connectivity index (χ4v) is 4.33. The average Bonchev–Trinajstić information content (AvgIpc) is 2.62. The zero-order valence-electron chi connectivity index (χ0n) is 15.0. The first-order chi connectivity index (χ1) is 12.2. The molecule has 0 aliphatic carbocycles. The topological polar surface area (TPSA) is 99.8 Å². The molecule has 3 rings (SSSR count). The van der Waals surface area contributed by atoms with Gasteiger partial charge >= 0.3 is 0 Å². The minimum Gasteiger partial charge on any atom is -0.386 e. The number of hydrogen-bond acceptors (Lipinski definition) is 6. The van der Waals surface area contributed by atoms with E-state index in [0.29, 0.717) is 32.0 Å². The number of nitrogen functional groups attached to an aromatic ring is 1. The summed E-state index contributed by atoms with van der Waals surface area (Å²) in [4.78, 5) is 6.17. The van der Waals surface area contributed by atoms with Gasteiger partial charge in [-0.2, -0.15) is 4.31 Å². The van der Waals surface area contributed by atoms with Crippen molar-refractivity contribution < 1.29 is 13.5 Å². The van der Waals surface area contributed by atoms with Gasteiger partial charge in [0.25, 0.3) is 0 Å². The molecule has 1 saturated heterocycles. The van der Waals surface area contributed by atoms with Crippen molar-refractivity contribution in [2.75, 3.05) is 36.8 Å². The van der Waals surface area contributed by atoms with Crippen molar-refractivity contribution >= 4 is 21.5 Å². The molecule has 1 aliphatic heterocycles. The first-order valence-corrected chi connectivity index (χ1v) is 9.91. The fraction of sp³-hybridized carbons (Fsp3) is 0.389. The van der Waals surface area contributed by atoms with Crippen molar-refractivity contribution in [3.05, 3.63) is 48.2 Å². The highest BCUT2D eigenvalue weighted by Crippen LogP contribution is 2.25. The molecule has 1 aromatic carbocycles. The van der Waals surface area contributed by atoms with Crippen LogP contribution in [0.5, 0.6) is 0 Å². The Morgan fingerprint density at radius 3 is 2.15 bits per heavy atom. The van der Waals surface area contributed by atoms with Crippen LogP contribution >= 0.6 is 0 Å². The Labute approximate surface area is 154 Å². The number of nitrogens with two attached hydrogens (primary N) is 1. The maximum Gasteiger partial charge on any atom is 0.244 e. The third-order valence-electron chi connectivity index (χ3n) is 4.57. The quantitative estimate of drug-likeness (QED) is 0.837. The van der Waals surface area contributed by atoms with Gasteiger partial charge in [-0.25, -0.2) is 13.4 Å². The molecule has 7 nitrogen and oxygen atoms in total. The zero-order chi connectivity index (χ0) is 18.9. The Balaban J connectivity index is 1.68. The van der Waals surface area contributed by atoms with E-state index in [1.807, 2.05) is 24.3 Å². The molecule has 0 amide bonds. The summed E-state index contributed by atoms with van der Waals surface area (Å²) in [6.07, 6.45) is 1.30. The first-order valence-electron chi connectivity index (χ1n) is 8.47. The number of benzene rings is 1. The molecule has 1 aromatic heterocycles. The van der Waals surface area contributed by atoms with Gasteiger partial charge in [-0.15, -0.1) is 0 Å². The van der Waals surface area contributed by atoms with Crippen LogP contribution in [0.2, 0.25) is 0 Å². The number of piperazine rings is 1. The molecule has 26 heavy (non-hydrogen) atoms. The van der Waals surface area contributed by atoms with E-state index in [9.17, 15) is 13.5 Å². The summed E-state index contributed by atoms with van der Waals surface area (Å²) >= 11 is 0. The van der Waals surface area contributed by atoms with Crippen LogP contribution in [0.25, 0.3) is 0 Å². The smallest absolute Gasteiger partial charge is 0.244 e. The molecule has 1 fully saturated rings. The maximum atomic E-state index is 12.7. The molecule has 0 atom stereocenters. The number of aromatic nitrogens is 1. The van der Waals surface area contributed by atoms with Gasteiger partial charge in [-0.3, -0.25) is 0 Å². The van der Waals surface area contributed by atoms with Crippen molar-refractivity contribution in [2.24, 2.45) is 0 Å². The van der Waals surface area contributed by atoms with Crippen LogP contribution in [-0.2, 0) is 15.6 Å². The zero-order valence-corrected chi connectivity index (χ0v) is 15.8. The normalized spacial score (nSPS) is 16.7. The van der Waals surface area contributed by atoms with E-state index in [4.69, 9.17) is 5.73 Å². The van der Waals surface area contributed by atoms with Gasteiger partial charge in [0, 0.05) is 38.1 Å². The average molecular weight is 376 g/mol. The summed E-state index contributed by atoms with van der Waals surface area (Å²) < 4.78 is 26.9. The standard InChI is InChI=1S/C18H24N4O3S/c1-18(2,23)14-3-5-15(6-4-14)21-9-11-22(12-10-21)26(24,25)16-7-8-17(19)20-13-16/h3-8,13,23H,9-12H2,1-2H3,(H2,19,20). The first kappa shape index (κ1) is 18.6. The lowest BCUT2D eigenvalue weighted by Crippen LogP contribution is -2.48. The third-order valence-corrected chi connectivity index (χ3v) is 6.46. The number of aliphatic hydroxyl groups is 1. The van der Waals surface area contributed by atoms with Crippen LogP contribution in [-0.4, -0.2) is 49.0 Å². The van der Waals surface area contributed by atoms with E-state index in [1.54, 1.807) is 13.8 Å². The molecule has 2 heterocycles. The van der Waals surface area contributed by atoms with Crippen LogP contribution in [0.4, 0.5) is 11.5 Å². The van der Waals surface area contributed by atoms with Gasteiger partial charge in [0.15, 0.2) is 0 Å². The number of pyridine rings is 1. The predicted molar refractivity (Wildman–Crippen MR) is 101 cm³/mol. The van der Waals surface area contributed by atoms with Crippen LogP contribution in [0, 0.1) is 0 Å². The predicted octanol–water partition coefficient (Wildman–Crippen LogP) is 1.40. The monoisotopic (exact) mass is 376 g/mol. The maximum absolute atomic E-state index is 12.7. The van der Waals surface area contributed by atoms with Gasteiger partial charge in [-0.1, -0.05) is 12.1 Å². The molecule has 140 valence electrons. The fourth-order valence-electron chi connectivity index (χ4n) is 2.96. The molecule has 0 spiro atoms. The summed E-state index contributed by atoms with van der Waals surface area (Å²) in [5.41, 5.74) is 6.51. The summed E-state index contributed by atoms with van der Waals surface area (Å²) in [5, 5.41) is 10.0. The van der Waals surface area contributed by atoms with Crippen LogP contribution in [0.15, 0.2) is 47.5 Å². The summed E-state index contributed by atoms with van der Waals surface area (Å²) in [6.45, 7) is 5.50. The molecule has 0 unspecified atom stereocenters. The molecular formula is C18H24N4O3S. The van der Waals surface area contributed by atoms with Crippen LogP contribution < -0.4 is 10.6 Å². The molecule has 0 radical (unpaired) electrons. The largest absolute Gasteiger partial charge is 0.386 e. The molecule has 0 bridgehead atoms. The second-order valence-electron chi connectivity index (χ2n) is 6.92. The number of hydrogen-bond donors (Lipinski definition) is 2. The number of sulfonamides is 1. The molecule has 1 aliphatic rings. The summed E-state index contributed by atoms with van der Waals surface area (Å²) in [6, 6.07) is 10.7. The van der Waals surface area contributed by atoms with Crippen molar-refractivity contribution in [3.8, 4) is 0 Å². The number of anilines is 2. The van der Waals surface area contributed by atoms with Gasteiger partial charge in [0.2, 0.25) is 10.0 Å². The molecule has 8 heteroatoms. The summed E-state index contributed by atoms with van der Waals surface area (Å²) in [7, 11) is -3.55. The van der Waals surface area contributed by atoms with Crippen molar-refractivity contribution in [3.63, 3.8) is 0 Å². The Kier molecular flexibility index (Phi) is 4.92.